The summed E-state index contributed by atoms with van der Waals surface area (Å²) in [6, 6.07) is 2.64. The van der Waals surface area contributed by atoms with Gasteiger partial charge in [0.25, 0.3) is 0 Å². The Bertz CT molecular complexity index is 797. The van der Waals surface area contributed by atoms with Gasteiger partial charge in [-0.25, -0.2) is 4.98 Å². The van der Waals surface area contributed by atoms with Crippen LogP contribution in [-0.4, -0.2) is 41.1 Å². The van der Waals surface area contributed by atoms with Crippen LogP contribution in [0.3, 0.4) is 0 Å². The van der Waals surface area contributed by atoms with Crippen LogP contribution in [0.25, 0.3) is 0 Å². The van der Waals surface area contributed by atoms with Crippen LogP contribution in [0.15, 0.2) is 23.9 Å². The summed E-state index contributed by atoms with van der Waals surface area (Å²) in [5.41, 5.74) is 6.64. The van der Waals surface area contributed by atoms with Gasteiger partial charge in [-0.15, -0.1) is 0 Å². The Kier molecular flexibility index (Phi) is 12.4. The van der Waals surface area contributed by atoms with Crippen LogP contribution in [0.1, 0.15) is 65.0 Å². The second kappa shape index (κ2) is 14.8. The topological polar surface area (TPSA) is 147 Å². The highest BCUT2D eigenvalue weighted by Crippen LogP contribution is 2.25. The highest BCUT2D eigenvalue weighted by atomic mass is 16.6. The van der Waals surface area contributed by atoms with E-state index in [1.165, 1.54) is 6.07 Å². The quantitative estimate of drug-likeness (QED) is 0.177. The van der Waals surface area contributed by atoms with Crippen molar-refractivity contribution in [3.63, 3.8) is 0 Å². The minimum atomic E-state index is -0.511. The Hall–Kier alpha value is -3.17. The predicted molar refractivity (Wildman–Crippen MR) is 121 cm³/mol. The summed E-state index contributed by atoms with van der Waals surface area (Å²) in [6.07, 6.45) is 5.06. The third-order valence-corrected chi connectivity index (χ3v) is 4.48. The van der Waals surface area contributed by atoms with Crippen molar-refractivity contribution in [1.29, 1.82) is 0 Å². The van der Waals surface area contributed by atoms with Gasteiger partial charge in [-0.2, -0.15) is 0 Å². The summed E-state index contributed by atoms with van der Waals surface area (Å²) >= 11 is 0. The zero-order chi connectivity index (χ0) is 23.9. The molecule has 0 amide bonds. The van der Waals surface area contributed by atoms with Crippen LogP contribution in [0.5, 0.6) is 0 Å². The normalized spacial score (nSPS) is 12.2. The highest BCUT2D eigenvalue weighted by Gasteiger charge is 2.21. The number of aryl methyl sites for hydroxylation is 1. The molecule has 0 aliphatic heterocycles. The minimum absolute atomic E-state index is 0.0526. The monoisotopic (exact) mass is 450 g/mol. The standard InChI is InChI=1S/C22H34N4O6/c1-4-8-16(23)14-20(27)32-13-7-10-17-11-12-19(26(29)30)22(24-17)25-18(9-5-2)15-21(28)31-6-3/h8,11-12,18H,4-7,9-10,13-15,23H2,1-3H3,(H,24,25)/b16-8+/t18-/m0/s1. The minimum Gasteiger partial charge on any atom is -0.466 e. The fourth-order valence-corrected chi connectivity index (χ4v) is 3.06. The van der Waals surface area contributed by atoms with Crippen molar-refractivity contribution in [2.75, 3.05) is 18.5 Å². The number of carbonyl (C=O) groups is 2. The number of rotatable bonds is 15. The Morgan fingerprint density at radius 1 is 1.25 bits per heavy atom. The van der Waals surface area contributed by atoms with Crippen LogP contribution in [-0.2, 0) is 25.5 Å². The predicted octanol–water partition coefficient (Wildman–Crippen LogP) is 3.64. The fraction of sp³-hybridized carbons (Fsp3) is 0.591. The first-order chi connectivity index (χ1) is 15.3. The van der Waals surface area contributed by atoms with E-state index in [9.17, 15) is 19.7 Å². The summed E-state index contributed by atoms with van der Waals surface area (Å²) in [5.74, 6) is -0.647. The molecule has 0 bridgehead atoms. The molecule has 0 unspecified atom stereocenters. The first-order valence-electron chi connectivity index (χ1n) is 11.0. The molecule has 0 aliphatic rings. The van der Waals surface area contributed by atoms with E-state index in [-0.39, 0.29) is 49.6 Å². The molecule has 10 nitrogen and oxygen atoms in total. The number of nitrogens with two attached hydrogens (primary N) is 1. The Morgan fingerprint density at radius 2 is 2.00 bits per heavy atom. The Balaban J connectivity index is 2.76. The van der Waals surface area contributed by atoms with E-state index in [1.54, 1.807) is 19.1 Å². The number of nitro groups is 1. The second-order valence-electron chi connectivity index (χ2n) is 7.25. The number of ether oxygens (including phenoxy) is 2. The largest absolute Gasteiger partial charge is 0.466 e. The average molecular weight is 451 g/mol. The zero-order valence-electron chi connectivity index (χ0n) is 19.1. The number of pyridine rings is 1. The van der Waals surface area contributed by atoms with Crippen molar-refractivity contribution < 1.29 is 24.0 Å². The maximum atomic E-state index is 11.9. The third-order valence-electron chi connectivity index (χ3n) is 4.48. The number of carbonyl (C=O) groups excluding carboxylic acids is 2. The lowest BCUT2D eigenvalue weighted by atomic mass is 10.1. The van der Waals surface area contributed by atoms with Crippen LogP contribution >= 0.6 is 0 Å². The molecule has 0 saturated heterocycles. The summed E-state index contributed by atoms with van der Waals surface area (Å²) in [5, 5.41) is 14.5. The number of nitrogens with zero attached hydrogens (tertiary/aromatic N) is 2. The molecule has 0 saturated carbocycles. The SMILES string of the molecule is CC/C=C(/N)CC(=O)OCCCc1ccc([N+](=O)[O-])c(N[C@@H](CCC)CC(=O)OCC)n1. The number of hydrogen-bond donors (Lipinski definition) is 2. The summed E-state index contributed by atoms with van der Waals surface area (Å²) < 4.78 is 10.2. The van der Waals surface area contributed by atoms with Crippen molar-refractivity contribution in [3.8, 4) is 0 Å². The molecule has 0 radical (unpaired) electrons. The van der Waals surface area contributed by atoms with Crippen LogP contribution in [0.2, 0.25) is 0 Å². The molecule has 1 aromatic heterocycles. The number of anilines is 1. The summed E-state index contributed by atoms with van der Waals surface area (Å²) in [4.78, 5) is 38.9. The van der Waals surface area contributed by atoms with E-state index < -0.39 is 10.9 Å². The average Bonchev–Trinajstić information content (AvgIpc) is 2.71. The van der Waals surface area contributed by atoms with Gasteiger partial charge in [0.1, 0.15) is 0 Å². The number of hydrogen-bond acceptors (Lipinski definition) is 9. The van der Waals surface area contributed by atoms with Crippen molar-refractivity contribution in [2.45, 2.75) is 71.8 Å². The van der Waals surface area contributed by atoms with Crippen LogP contribution < -0.4 is 11.1 Å². The van der Waals surface area contributed by atoms with Gasteiger partial charge >= 0.3 is 17.6 Å². The number of nitrogens with one attached hydrogen (secondary N) is 1. The molecule has 0 fully saturated rings. The van der Waals surface area contributed by atoms with Gasteiger partial charge in [-0.1, -0.05) is 26.3 Å². The van der Waals surface area contributed by atoms with E-state index in [1.807, 2.05) is 13.8 Å². The molecule has 1 atom stereocenters. The lowest BCUT2D eigenvalue weighted by molar-refractivity contribution is -0.384. The maximum absolute atomic E-state index is 11.9. The Morgan fingerprint density at radius 3 is 2.62 bits per heavy atom. The molecular weight excluding hydrogens is 416 g/mol. The molecule has 3 N–H and O–H groups in total. The van der Waals surface area contributed by atoms with Gasteiger partial charge in [0.15, 0.2) is 0 Å². The highest BCUT2D eigenvalue weighted by molar-refractivity contribution is 5.72. The van der Waals surface area contributed by atoms with Gasteiger partial charge < -0.3 is 20.5 Å². The summed E-state index contributed by atoms with van der Waals surface area (Å²) in [6.45, 7) is 6.09. The lowest BCUT2D eigenvalue weighted by Crippen LogP contribution is -2.25. The molecule has 10 heteroatoms. The third kappa shape index (κ3) is 10.2. The van der Waals surface area contributed by atoms with Crippen molar-refractivity contribution in [3.05, 3.63) is 39.7 Å². The Labute approximate surface area is 188 Å². The van der Waals surface area contributed by atoms with Crippen molar-refractivity contribution in [1.82, 2.24) is 4.98 Å². The second-order valence-corrected chi connectivity index (χ2v) is 7.25. The maximum Gasteiger partial charge on any atom is 0.311 e. The van der Waals surface area contributed by atoms with E-state index in [0.717, 1.165) is 12.8 Å². The molecular formula is C22H34N4O6. The van der Waals surface area contributed by atoms with Gasteiger partial charge in [0.2, 0.25) is 5.82 Å². The van der Waals surface area contributed by atoms with Gasteiger partial charge in [-0.3, -0.25) is 19.7 Å². The van der Waals surface area contributed by atoms with Crippen LogP contribution in [0, 0.1) is 10.1 Å². The molecule has 0 aromatic carbocycles. The number of aromatic nitrogens is 1. The van der Waals surface area contributed by atoms with E-state index in [4.69, 9.17) is 15.2 Å². The van der Waals surface area contributed by atoms with Gasteiger partial charge in [-0.05, 0) is 38.7 Å². The van der Waals surface area contributed by atoms with Gasteiger partial charge in [0, 0.05) is 23.5 Å². The van der Waals surface area contributed by atoms with Crippen molar-refractivity contribution in [2.24, 2.45) is 5.73 Å². The van der Waals surface area contributed by atoms with Crippen molar-refractivity contribution >= 4 is 23.4 Å². The number of esters is 2. The molecule has 178 valence electrons. The molecule has 0 aliphatic carbocycles. The van der Waals surface area contributed by atoms with Gasteiger partial charge in [0.05, 0.1) is 31.0 Å². The number of allylic oxidation sites excluding steroid dienone is 1. The smallest absolute Gasteiger partial charge is 0.311 e. The lowest BCUT2D eigenvalue weighted by Gasteiger charge is -2.18. The van der Waals surface area contributed by atoms with E-state index >= 15 is 0 Å². The summed E-state index contributed by atoms with van der Waals surface area (Å²) in [7, 11) is 0. The first kappa shape index (κ1) is 26.9. The molecule has 32 heavy (non-hydrogen) atoms. The fourth-order valence-electron chi connectivity index (χ4n) is 3.06. The zero-order valence-corrected chi connectivity index (χ0v) is 19.1. The molecule has 1 heterocycles. The molecule has 1 aromatic rings. The van der Waals surface area contributed by atoms with E-state index in [0.29, 0.717) is 30.7 Å². The van der Waals surface area contributed by atoms with E-state index in [2.05, 4.69) is 10.3 Å². The van der Waals surface area contributed by atoms with Crippen LogP contribution in [0.4, 0.5) is 11.5 Å². The molecule has 0 spiro atoms. The molecule has 1 rings (SSSR count). The first-order valence-corrected chi connectivity index (χ1v) is 11.0.